The first-order valence-electron chi connectivity index (χ1n) is 8.78. The van der Waals surface area contributed by atoms with Crippen LogP contribution >= 0.6 is 0 Å². The second-order valence-electron chi connectivity index (χ2n) is 6.60. The first kappa shape index (κ1) is 17.8. The van der Waals surface area contributed by atoms with Crippen LogP contribution in [0.1, 0.15) is 45.1 Å². The number of hydrogen-bond acceptors (Lipinski definition) is 3. The van der Waals surface area contributed by atoms with E-state index in [4.69, 9.17) is 4.74 Å². The lowest BCUT2D eigenvalue weighted by molar-refractivity contribution is -0.123. The molecule has 1 aliphatic rings. The molecule has 0 aromatic heterocycles. The van der Waals surface area contributed by atoms with Crippen LogP contribution in [0.3, 0.4) is 0 Å². The molecule has 1 aromatic rings. The minimum absolute atomic E-state index is 0.0899. The SMILES string of the molecule is CCOc1cccc(CNC(=O)CN(C)C2CCCCC2C)c1. The Morgan fingerprint density at radius 3 is 2.87 bits per heavy atom. The minimum atomic E-state index is 0.0899. The smallest absolute Gasteiger partial charge is 0.234 e. The molecule has 2 rings (SSSR count). The number of ether oxygens (including phenoxy) is 1. The molecule has 2 unspecified atom stereocenters. The summed E-state index contributed by atoms with van der Waals surface area (Å²) in [6.45, 7) is 5.95. The standard InChI is InChI=1S/C19H30N2O2/c1-4-23-17-10-7-9-16(12-17)13-20-19(22)14-21(3)18-11-6-5-8-15(18)2/h7,9-10,12,15,18H,4-6,8,11,13-14H2,1-3H3,(H,20,22). The van der Waals surface area contributed by atoms with E-state index >= 15 is 0 Å². The van der Waals surface area contributed by atoms with E-state index in [1.54, 1.807) is 0 Å². The van der Waals surface area contributed by atoms with Gasteiger partial charge >= 0.3 is 0 Å². The van der Waals surface area contributed by atoms with E-state index in [0.29, 0.717) is 31.7 Å². The molecule has 0 bridgehead atoms. The molecule has 1 fully saturated rings. The lowest BCUT2D eigenvalue weighted by atomic mass is 9.85. The average Bonchev–Trinajstić information content (AvgIpc) is 2.54. The third kappa shape index (κ3) is 5.54. The Labute approximate surface area is 140 Å². The van der Waals surface area contributed by atoms with E-state index in [0.717, 1.165) is 11.3 Å². The number of carbonyl (C=O) groups excluding carboxylic acids is 1. The molecular weight excluding hydrogens is 288 g/mol. The lowest BCUT2D eigenvalue weighted by Gasteiger charge is -2.35. The van der Waals surface area contributed by atoms with E-state index in [9.17, 15) is 4.79 Å². The maximum atomic E-state index is 12.2. The summed E-state index contributed by atoms with van der Waals surface area (Å²) in [5.41, 5.74) is 1.07. The lowest BCUT2D eigenvalue weighted by Crippen LogP contribution is -2.44. The Hall–Kier alpha value is -1.55. The second kappa shape index (κ2) is 8.92. The maximum Gasteiger partial charge on any atom is 0.234 e. The highest BCUT2D eigenvalue weighted by atomic mass is 16.5. The summed E-state index contributed by atoms with van der Waals surface area (Å²) < 4.78 is 5.49. The molecular formula is C19H30N2O2. The number of carbonyl (C=O) groups is 1. The third-order valence-corrected chi connectivity index (χ3v) is 4.72. The van der Waals surface area contributed by atoms with Gasteiger partial charge in [0.1, 0.15) is 5.75 Å². The Morgan fingerprint density at radius 2 is 2.13 bits per heavy atom. The van der Waals surface area contributed by atoms with Crippen molar-refractivity contribution in [2.24, 2.45) is 5.92 Å². The Bertz CT molecular complexity index is 504. The van der Waals surface area contributed by atoms with Crippen molar-refractivity contribution < 1.29 is 9.53 Å². The third-order valence-electron chi connectivity index (χ3n) is 4.72. The number of benzene rings is 1. The highest BCUT2D eigenvalue weighted by Crippen LogP contribution is 2.27. The van der Waals surface area contributed by atoms with Crippen LogP contribution in [0, 0.1) is 5.92 Å². The molecule has 1 amide bonds. The molecule has 0 aliphatic heterocycles. The fourth-order valence-corrected chi connectivity index (χ4v) is 3.46. The fourth-order valence-electron chi connectivity index (χ4n) is 3.46. The molecule has 1 saturated carbocycles. The zero-order valence-corrected chi connectivity index (χ0v) is 14.7. The number of rotatable bonds is 7. The van der Waals surface area contributed by atoms with Crippen LogP contribution in [0.4, 0.5) is 0 Å². The highest BCUT2D eigenvalue weighted by molar-refractivity contribution is 5.78. The number of nitrogens with one attached hydrogen (secondary N) is 1. The van der Waals surface area contributed by atoms with Gasteiger partial charge in [0, 0.05) is 12.6 Å². The van der Waals surface area contributed by atoms with Crippen molar-refractivity contribution in [3.63, 3.8) is 0 Å². The molecule has 1 aromatic carbocycles. The summed E-state index contributed by atoms with van der Waals surface area (Å²) in [6, 6.07) is 8.43. The molecule has 1 N–H and O–H groups in total. The first-order valence-corrected chi connectivity index (χ1v) is 8.78. The monoisotopic (exact) mass is 318 g/mol. The summed E-state index contributed by atoms with van der Waals surface area (Å²) in [5.74, 6) is 1.63. The summed E-state index contributed by atoms with van der Waals surface area (Å²) >= 11 is 0. The summed E-state index contributed by atoms with van der Waals surface area (Å²) in [5, 5.41) is 3.02. The first-order chi connectivity index (χ1) is 11.1. The number of nitrogens with zero attached hydrogens (tertiary/aromatic N) is 1. The summed E-state index contributed by atoms with van der Waals surface area (Å²) in [7, 11) is 2.07. The predicted octanol–water partition coefficient (Wildman–Crippen LogP) is 3.21. The zero-order chi connectivity index (χ0) is 16.7. The topological polar surface area (TPSA) is 41.6 Å². The molecule has 1 aliphatic carbocycles. The number of likely N-dealkylation sites (N-methyl/N-ethyl adjacent to an activating group) is 1. The van der Waals surface area contributed by atoms with Crippen LogP contribution in [0.15, 0.2) is 24.3 Å². The van der Waals surface area contributed by atoms with Gasteiger partial charge in [-0.05, 0) is 50.4 Å². The van der Waals surface area contributed by atoms with E-state index in [1.165, 1.54) is 25.7 Å². The minimum Gasteiger partial charge on any atom is -0.494 e. The van der Waals surface area contributed by atoms with Crippen LogP contribution < -0.4 is 10.1 Å². The van der Waals surface area contributed by atoms with Crippen LogP contribution in [0.2, 0.25) is 0 Å². The van der Waals surface area contributed by atoms with Crippen molar-refractivity contribution in [1.29, 1.82) is 0 Å². The molecule has 4 nitrogen and oxygen atoms in total. The van der Waals surface area contributed by atoms with Crippen LogP contribution in [0.5, 0.6) is 5.75 Å². The van der Waals surface area contributed by atoms with Gasteiger partial charge in [0.25, 0.3) is 0 Å². The average molecular weight is 318 g/mol. The molecule has 128 valence electrons. The largest absolute Gasteiger partial charge is 0.494 e. The van der Waals surface area contributed by atoms with Crippen LogP contribution in [-0.4, -0.2) is 37.0 Å². The Morgan fingerprint density at radius 1 is 1.35 bits per heavy atom. The molecule has 23 heavy (non-hydrogen) atoms. The number of amides is 1. The number of hydrogen-bond donors (Lipinski definition) is 1. The van der Waals surface area contributed by atoms with E-state index in [2.05, 4.69) is 24.2 Å². The quantitative estimate of drug-likeness (QED) is 0.839. The molecule has 0 radical (unpaired) electrons. The molecule has 0 saturated heterocycles. The van der Waals surface area contributed by atoms with Crippen molar-refractivity contribution in [3.8, 4) is 5.75 Å². The van der Waals surface area contributed by atoms with Crippen LogP contribution in [-0.2, 0) is 11.3 Å². The van der Waals surface area contributed by atoms with E-state index < -0.39 is 0 Å². The van der Waals surface area contributed by atoms with Gasteiger partial charge in [-0.15, -0.1) is 0 Å². The molecule has 4 heteroatoms. The predicted molar refractivity (Wildman–Crippen MR) is 93.5 cm³/mol. The molecule has 2 atom stereocenters. The van der Waals surface area contributed by atoms with Crippen molar-refractivity contribution in [2.75, 3.05) is 20.2 Å². The highest BCUT2D eigenvalue weighted by Gasteiger charge is 2.25. The van der Waals surface area contributed by atoms with Gasteiger partial charge in [-0.1, -0.05) is 31.9 Å². The van der Waals surface area contributed by atoms with Gasteiger partial charge in [0.15, 0.2) is 0 Å². The van der Waals surface area contributed by atoms with Gasteiger partial charge in [0.05, 0.1) is 13.2 Å². The Balaban J connectivity index is 1.79. The zero-order valence-electron chi connectivity index (χ0n) is 14.7. The second-order valence-corrected chi connectivity index (χ2v) is 6.60. The van der Waals surface area contributed by atoms with Gasteiger partial charge in [-0.3, -0.25) is 9.69 Å². The Kier molecular flexibility index (Phi) is 6.90. The van der Waals surface area contributed by atoms with E-state index in [-0.39, 0.29) is 5.91 Å². The molecule has 0 spiro atoms. The van der Waals surface area contributed by atoms with Crippen molar-refractivity contribution in [1.82, 2.24) is 10.2 Å². The van der Waals surface area contributed by atoms with E-state index in [1.807, 2.05) is 31.2 Å². The van der Waals surface area contributed by atoms with Gasteiger partial charge in [-0.25, -0.2) is 0 Å². The summed E-state index contributed by atoms with van der Waals surface area (Å²) in [6.07, 6.45) is 5.10. The van der Waals surface area contributed by atoms with Gasteiger partial charge in [0.2, 0.25) is 5.91 Å². The van der Waals surface area contributed by atoms with Crippen molar-refractivity contribution in [2.45, 2.75) is 52.1 Å². The van der Waals surface area contributed by atoms with Crippen LogP contribution in [0.25, 0.3) is 0 Å². The fraction of sp³-hybridized carbons (Fsp3) is 0.632. The summed E-state index contributed by atoms with van der Waals surface area (Å²) in [4.78, 5) is 14.4. The maximum absolute atomic E-state index is 12.2. The molecule has 0 heterocycles. The van der Waals surface area contributed by atoms with Crippen molar-refractivity contribution >= 4 is 5.91 Å². The normalized spacial score (nSPS) is 21.2. The van der Waals surface area contributed by atoms with Gasteiger partial charge in [-0.2, -0.15) is 0 Å². The van der Waals surface area contributed by atoms with Gasteiger partial charge < -0.3 is 10.1 Å². The van der Waals surface area contributed by atoms with Crippen molar-refractivity contribution in [3.05, 3.63) is 29.8 Å².